The highest BCUT2D eigenvalue weighted by atomic mass is 16.2. The van der Waals surface area contributed by atoms with Crippen molar-refractivity contribution in [3.8, 4) is 0 Å². The zero-order chi connectivity index (χ0) is 14.5. The molecule has 6 nitrogen and oxygen atoms in total. The number of anilines is 1. The summed E-state index contributed by atoms with van der Waals surface area (Å²) in [6, 6.07) is 7.14. The molecule has 2 amide bonds. The number of primary amides is 1. The second kappa shape index (κ2) is 6.49. The van der Waals surface area contributed by atoms with Crippen LogP contribution in [0.25, 0.3) is 0 Å². The molecule has 0 spiro atoms. The van der Waals surface area contributed by atoms with Gasteiger partial charge in [0.25, 0.3) is 5.91 Å². The number of nitrogens with one attached hydrogen (secondary N) is 2. The summed E-state index contributed by atoms with van der Waals surface area (Å²) in [5, 5.41) is 6.08. The number of carbonyl (C=O) groups excluding carboxylic acids is 2. The van der Waals surface area contributed by atoms with E-state index in [0.717, 1.165) is 19.6 Å². The number of hydrogen-bond donors (Lipinski definition) is 3. The van der Waals surface area contributed by atoms with Gasteiger partial charge in [-0.25, -0.2) is 0 Å². The van der Waals surface area contributed by atoms with Gasteiger partial charge in [-0.3, -0.25) is 14.5 Å². The van der Waals surface area contributed by atoms with Gasteiger partial charge < -0.3 is 16.4 Å². The molecule has 2 rings (SSSR count). The molecule has 1 aliphatic heterocycles. The van der Waals surface area contributed by atoms with Gasteiger partial charge in [-0.05, 0) is 19.1 Å². The summed E-state index contributed by atoms with van der Waals surface area (Å²) < 4.78 is 0. The minimum atomic E-state index is -0.545. The Morgan fingerprint density at radius 3 is 2.90 bits per heavy atom. The average Bonchev–Trinajstić information content (AvgIpc) is 2.38. The number of carbonyl (C=O) groups is 2. The molecular formula is C14H20N4O2. The molecule has 4 N–H and O–H groups in total. The van der Waals surface area contributed by atoms with Crippen LogP contribution in [0.3, 0.4) is 0 Å². The Morgan fingerprint density at radius 1 is 1.45 bits per heavy atom. The quantitative estimate of drug-likeness (QED) is 0.723. The number of nitrogens with zero attached hydrogens (tertiary/aromatic N) is 1. The Balaban J connectivity index is 1.96. The van der Waals surface area contributed by atoms with E-state index >= 15 is 0 Å². The molecule has 0 aromatic heterocycles. The molecule has 0 aliphatic carbocycles. The van der Waals surface area contributed by atoms with E-state index in [9.17, 15) is 9.59 Å². The zero-order valence-electron chi connectivity index (χ0n) is 11.6. The summed E-state index contributed by atoms with van der Waals surface area (Å²) in [4.78, 5) is 25.4. The van der Waals surface area contributed by atoms with Gasteiger partial charge in [-0.1, -0.05) is 12.1 Å². The molecule has 6 heteroatoms. The van der Waals surface area contributed by atoms with Crippen molar-refractivity contribution in [2.24, 2.45) is 5.73 Å². The van der Waals surface area contributed by atoms with Gasteiger partial charge in [0.15, 0.2) is 0 Å². The lowest BCUT2D eigenvalue weighted by Gasteiger charge is -2.31. The van der Waals surface area contributed by atoms with E-state index in [1.54, 1.807) is 24.3 Å². The molecule has 0 bridgehead atoms. The first-order valence-electron chi connectivity index (χ1n) is 6.70. The van der Waals surface area contributed by atoms with E-state index in [4.69, 9.17) is 5.73 Å². The highest BCUT2D eigenvalue weighted by molar-refractivity contribution is 6.03. The van der Waals surface area contributed by atoms with Crippen LogP contribution in [-0.4, -0.2) is 48.9 Å². The maximum Gasteiger partial charge on any atom is 0.250 e. The predicted octanol–water partition coefficient (Wildman–Crippen LogP) is 0.0177. The van der Waals surface area contributed by atoms with Crippen LogP contribution in [0.4, 0.5) is 5.69 Å². The molecule has 1 atom stereocenters. The van der Waals surface area contributed by atoms with Crippen molar-refractivity contribution in [2.75, 3.05) is 31.5 Å². The van der Waals surface area contributed by atoms with E-state index in [-0.39, 0.29) is 5.91 Å². The highest BCUT2D eigenvalue weighted by Crippen LogP contribution is 2.14. The number of rotatable bonds is 4. The second-order valence-electron chi connectivity index (χ2n) is 5.05. The van der Waals surface area contributed by atoms with Gasteiger partial charge in [0.1, 0.15) is 0 Å². The standard InChI is InChI=1S/C14H20N4O2/c1-10-8-18(7-6-16-10)9-13(19)17-12-5-3-2-4-11(12)14(15)20/h2-5,10,16H,6-9H2,1H3,(H2,15,20)(H,17,19). The molecule has 1 aromatic carbocycles. The van der Waals surface area contributed by atoms with Crippen LogP contribution in [0.2, 0.25) is 0 Å². The van der Waals surface area contributed by atoms with Crippen molar-refractivity contribution < 1.29 is 9.59 Å². The topological polar surface area (TPSA) is 87.5 Å². The molecule has 0 saturated carbocycles. The van der Waals surface area contributed by atoms with Crippen molar-refractivity contribution in [1.82, 2.24) is 10.2 Å². The Morgan fingerprint density at radius 2 is 2.20 bits per heavy atom. The molecule has 1 saturated heterocycles. The van der Waals surface area contributed by atoms with Crippen molar-refractivity contribution in [3.63, 3.8) is 0 Å². The van der Waals surface area contributed by atoms with Gasteiger partial charge in [0.05, 0.1) is 17.8 Å². The Bertz CT molecular complexity index is 504. The fourth-order valence-electron chi connectivity index (χ4n) is 2.36. The normalized spacial score (nSPS) is 19.6. The Labute approximate surface area is 118 Å². The van der Waals surface area contributed by atoms with Gasteiger partial charge in [0.2, 0.25) is 5.91 Å². The maximum atomic E-state index is 12.0. The minimum absolute atomic E-state index is 0.132. The minimum Gasteiger partial charge on any atom is -0.366 e. The monoisotopic (exact) mass is 276 g/mol. The Hall–Kier alpha value is -1.92. The van der Waals surface area contributed by atoms with Crippen molar-refractivity contribution in [1.29, 1.82) is 0 Å². The van der Waals surface area contributed by atoms with Crippen LogP contribution >= 0.6 is 0 Å². The van der Waals surface area contributed by atoms with Gasteiger partial charge in [-0.15, -0.1) is 0 Å². The lowest BCUT2D eigenvalue weighted by Crippen LogP contribution is -2.51. The van der Waals surface area contributed by atoms with E-state index in [1.165, 1.54) is 0 Å². The molecule has 1 unspecified atom stereocenters. The number of amides is 2. The van der Waals surface area contributed by atoms with E-state index in [2.05, 4.69) is 22.5 Å². The summed E-state index contributed by atoms with van der Waals surface area (Å²) >= 11 is 0. The maximum absolute atomic E-state index is 12.0. The summed E-state index contributed by atoms with van der Waals surface area (Å²) in [7, 11) is 0. The van der Waals surface area contributed by atoms with E-state index in [1.807, 2.05) is 0 Å². The third kappa shape index (κ3) is 3.79. The first-order valence-corrected chi connectivity index (χ1v) is 6.70. The number of para-hydroxylation sites is 1. The highest BCUT2D eigenvalue weighted by Gasteiger charge is 2.18. The SMILES string of the molecule is CC1CN(CC(=O)Nc2ccccc2C(N)=O)CCN1. The molecule has 20 heavy (non-hydrogen) atoms. The van der Waals surface area contributed by atoms with Crippen LogP contribution in [0.15, 0.2) is 24.3 Å². The van der Waals surface area contributed by atoms with Crippen LogP contribution in [-0.2, 0) is 4.79 Å². The first kappa shape index (κ1) is 14.5. The second-order valence-corrected chi connectivity index (χ2v) is 5.05. The fraction of sp³-hybridized carbons (Fsp3) is 0.429. The number of hydrogen-bond acceptors (Lipinski definition) is 4. The molecule has 1 aromatic rings. The summed E-state index contributed by atoms with van der Waals surface area (Å²) in [6.07, 6.45) is 0. The lowest BCUT2D eigenvalue weighted by atomic mass is 10.1. The zero-order valence-corrected chi connectivity index (χ0v) is 11.6. The fourth-order valence-corrected chi connectivity index (χ4v) is 2.36. The summed E-state index contributed by atoms with van der Waals surface area (Å²) in [5.74, 6) is -0.676. The third-order valence-corrected chi connectivity index (χ3v) is 3.29. The number of nitrogens with two attached hydrogens (primary N) is 1. The molecular weight excluding hydrogens is 256 g/mol. The van der Waals surface area contributed by atoms with Gasteiger partial charge in [-0.2, -0.15) is 0 Å². The van der Waals surface area contributed by atoms with E-state index in [0.29, 0.717) is 23.8 Å². The van der Waals surface area contributed by atoms with Crippen molar-refractivity contribution >= 4 is 17.5 Å². The predicted molar refractivity (Wildman–Crippen MR) is 77.5 cm³/mol. The first-order chi connectivity index (χ1) is 9.56. The molecule has 1 aliphatic rings. The van der Waals surface area contributed by atoms with Gasteiger partial charge in [0, 0.05) is 25.7 Å². The Kier molecular flexibility index (Phi) is 4.70. The number of piperazine rings is 1. The smallest absolute Gasteiger partial charge is 0.250 e. The molecule has 108 valence electrons. The largest absolute Gasteiger partial charge is 0.366 e. The summed E-state index contributed by atoms with van der Waals surface area (Å²) in [6.45, 7) is 4.97. The lowest BCUT2D eigenvalue weighted by molar-refractivity contribution is -0.117. The van der Waals surface area contributed by atoms with Crippen LogP contribution < -0.4 is 16.4 Å². The molecule has 1 heterocycles. The van der Waals surface area contributed by atoms with Crippen LogP contribution in [0.1, 0.15) is 17.3 Å². The van der Waals surface area contributed by atoms with Crippen LogP contribution in [0, 0.1) is 0 Å². The van der Waals surface area contributed by atoms with Crippen molar-refractivity contribution in [2.45, 2.75) is 13.0 Å². The van der Waals surface area contributed by atoms with Crippen LogP contribution in [0.5, 0.6) is 0 Å². The van der Waals surface area contributed by atoms with Crippen molar-refractivity contribution in [3.05, 3.63) is 29.8 Å². The van der Waals surface area contributed by atoms with E-state index < -0.39 is 5.91 Å². The summed E-state index contributed by atoms with van der Waals surface area (Å²) in [5.41, 5.74) is 6.08. The third-order valence-electron chi connectivity index (χ3n) is 3.29. The molecule has 0 radical (unpaired) electrons. The van der Waals surface area contributed by atoms with Gasteiger partial charge >= 0.3 is 0 Å². The number of benzene rings is 1. The average molecular weight is 276 g/mol. The molecule has 1 fully saturated rings.